The number of rotatable bonds is 6. The Morgan fingerprint density at radius 3 is 2.89 bits per heavy atom. The van der Waals surface area contributed by atoms with Gasteiger partial charge in [-0.1, -0.05) is 19.8 Å². The Morgan fingerprint density at radius 1 is 1.39 bits per heavy atom. The van der Waals surface area contributed by atoms with Crippen LogP contribution in [0.3, 0.4) is 0 Å². The number of likely N-dealkylation sites (tertiary alicyclic amines) is 1. The first-order valence-corrected chi connectivity index (χ1v) is 7.42. The van der Waals surface area contributed by atoms with Gasteiger partial charge in [-0.2, -0.15) is 0 Å². The quantitative estimate of drug-likeness (QED) is 0.757. The third-order valence-electron chi connectivity index (χ3n) is 4.48. The fourth-order valence-electron chi connectivity index (χ4n) is 3.51. The van der Waals surface area contributed by atoms with Crippen LogP contribution in [0.15, 0.2) is 0 Å². The molecule has 1 saturated heterocycles. The fourth-order valence-corrected chi connectivity index (χ4v) is 3.51. The molecule has 18 heavy (non-hydrogen) atoms. The molecule has 1 aliphatic carbocycles. The minimum atomic E-state index is -0.706. The van der Waals surface area contributed by atoms with Gasteiger partial charge in [0.15, 0.2) is 0 Å². The normalized spacial score (nSPS) is 30.1. The molecular weight excluding hydrogens is 228 g/mol. The van der Waals surface area contributed by atoms with Crippen molar-refractivity contribution in [2.45, 2.75) is 57.5 Å². The molecule has 4 heteroatoms. The lowest BCUT2D eigenvalue weighted by molar-refractivity contribution is -0.140. The smallest absolute Gasteiger partial charge is 0.322 e. The molecule has 0 aromatic rings. The number of carboxylic acids is 1. The number of nitrogens with zero attached hydrogens (tertiary/aromatic N) is 1. The Labute approximate surface area is 110 Å². The molecule has 1 heterocycles. The van der Waals surface area contributed by atoms with Crippen LogP contribution in [0.25, 0.3) is 0 Å². The van der Waals surface area contributed by atoms with Gasteiger partial charge in [-0.3, -0.25) is 9.69 Å². The van der Waals surface area contributed by atoms with Crippen LogP contribution in [0.1, 0.15) is 45.4 Å². The first kappa shape index (κ1) is 13.8. The van der Waals surface area contributed by atoms with E-state index in [1.807, 2.05) is 0 Å². The van der Waals surface area contributed by atoms with Crippen molar-refractivity contribution in [3.63, 3.8) is 0 Å². The standard InChI is InChI=1S/C14H26N2O2/c1-2-8-15-12(14(17)18)10-16-9-7-11-5-3-4-6-13(11)16/h11-13,15H,2-10H2,1H3,(H,17,18). The molecule has 2 N–H and O–H groups in total. The number of fused-ring (bicyclic) bond motifs is 1. The van der Waals surface area contributed by atoms with E-state index in [0.29, 0.717) is 12.6 Å². The fraction of sp³-hybridized carbons (Fsp3) is 0.929. The average molecular weight is 254 g/mol. The van der Waals surface area contributed by atoms with Crippen LogP contribution < -0.4 is 5.32 Å². The molecule has 3 unspecified atom stereocenters. The SMILES string of the molecule is CCCNC(CN1CCC2CCCCC21)C(=O)O. The highest BCUT2D eigenvalue weighted by molar-refractivity contribution is 5.73. The van der Waals surface area contributed by atoms with Gasteiger partial charge in [0.05, 0.1) is 0 Å². The van der Waals surface area contributed by atoms with Gasteiger partial charge in [-0.05, 0) is 44.7 Å². The summed E-state index contributed by atoms with van der Waals surface area (Å²) in [6.07, 6.45) is 7.55. The molecule has 1 aliphatic heterocycles. The van der Waals surface area contributed by atoms with Gasteiger partial charge in [0.2, 0.25) is 0 Å². The van der Waals surface area contributed by atoms with Crippen LogP contribution in [0.5, 0.6) is 0 Å². The molecule has 2 fully saturated rings. The summed E-state index contributed by atoms with van der Waals surface area (Å²) in [6.45, 7) is 4.63. The second-order valence-corrected chi connectivity index (χ2v) is 5.74. The number of hydrogen-bond acceptors (Lipinski definition) is 3. The van der Waals surface area contributed by atoms with Gasteiger partial charge in [0.1, 0.15) is 6.04 Å². The lowest BCUT2D eigenvalue weighted by atomic mass is 9.85. The van der Waals surface area contributed by atoms with Gasteiger partial charge in [0, 0.05) is 12.6 Å². The van der Waals surface area contributed by atoms with E-state index in [0.717, 1.165) is 25.4 Å². The molecule has 0 radical (unpaired) electrons. The average Bonchev–Trinajstić information content (AvgIpc) is 2.77. The molecule has 0 spiro atoms. The Bertz CT molecular complexity index is 283. The summed E-state index contributed by atoms with van der Waals surface area (Å²) in [5.74, 6) is 0.127. The lowest BCUT2D eigenvalue weighted by Crippen LogP contribution is -2.48. The van der Waals surface area contributed by atoms with Crippen molar-refractivity contribution in [3.05, 3.63) is 0 Å². The van der Waals surface area contributed by atoms with Gasteiger partial charge < -0.3 is 10.4 Å². The zero-order chi connectivity index (χ0) is 13.0. The van der Waals surface area contributed by atoms with Crippen LogP contribution in [-0.2, 0) is 4.79 Å². The Morgan fingerprint density at radius 2 is 2.17 bits per heavy atom. The first-order valence-electron chi connectivity index (χ1n) is 7.42. The maximum Gasteiger partial charge on any atom is 0.322 e. The molecule has 2 rings (SSSR count). The van der Waals surface area contributed by atoms with Crippen molar-refractivity contribution in [1.82, 2.24) is 10.2 Å². The van der Waals surface area contributed by atoms with Crippen molar-refractivity contribution in [3.8, 4) is 0 Å². The highest BCUT2D eigenvalue weighted by Gasteiger charge is 2.37. The minimum Gasteiger partial charge on any atom is -0.480 e. The van der Waals surface area contributed by atoms with E-state index in [1.54, 1.807) is 0 Å². The summed E-state index contributed by atoms with van der Waals surface area (Å²) in [6, 6.07) is 0.259. The monoisotopic (exact) mass is 254 g/mol. The number of aliphatic carboxylic acids is 1. The topological polar surface area (TPSA) is 52.6 Å². The van der Waals surface area contributed by atoms with Crippen molar-refractivity contribution >= 4 is 5.97 Å². The zero-order valence-corrected chi connectivity index (χ0v) is 11.4. The van der Waals surface area contributed by atoms with Crippen LogP contribution >= 0.6 is 0 Å². The summed E-state index contributed by atoms with van der Waals surface area (Å²) < 4.78 is 0. The number of carboxylic acid groups (broad SMARTS) is 1. The van der Waals surface area contributed by atoms with E-state index < -0.39 is 12.0 Å². The van der Waals surface area contributed by atoms with Gasteiger partial charge in [0.25, 0.3) is 0 Å². The second-order valence-electron chi connectivity index (χ2n) is 5.74. The first-order chi connectivity index (χ1) is 8.72. The van der Waals surface area contributed by atoms with Crippen LogP contribution in [0, 0.1) is 5.92 Å². The highest BCUT2D eigenvalue weighted by Crippen LogP contribution is 2.35. The Hall–Kier alpha value is -0.610. The largest absolute Gasteiger partial charge is 0.480 e. The molecule has 0 amide bonds. The van der Waals surface area contributed by atoms with Crippen molar-refractivity contribution in [1.29, 1.82) is 0 Å². The Kier molecular flexibility index (Phi) is 5.01. The van der Waals surface area contributed by atoms with Crippen LogP contribution in [0.2, 0.25) is 0 Å². The second kappa shape index (κ2) is 6.53. The van der Waals surface area contributed by atoms with Crippen LogP contribution in [0.4, 0.5) is 0 Å². The van der Waals surface area contributed by atoms with Gasteiger partial charge in [-0.15, -0.1) is 0 Å². The molecule has 0 aromatic heterocycles. The summed E-state index contributed by atoms with van der Waals surface area (Å²) in [7, 11) is 0. The summed E-state index contributed by atoms with van der Waals surface area (Å²) in [5.41, 5.74) is 0. The van der Waals surface area contributed by atoms with Crippen molar-refractivity contribution in [2.24, 2.45) is 5.92 Å². The maximum atomic E-state index is 11.3. The van der Waals surface area contributed by atoms with E-state index in [2.05, 4.69) is 17.1 Å². The third kappa shape index (κ3) is 3.23. The van der Waals surface area contributed by atoms with E-state index in [-0.39, 0.29) is 0 Å². The van der Waals surface area contributed by atoms with E-state index in [9.17, 15) is 9.90 Å². The van der Waals surface area contributed by atoms with E-state index in [1.165, 1.54) is 32.1 Å². The molecule has 1 saturated carbocycles. The molecular formula is C14H26N2O2. The maximum absolute atomic E-state index is 11.3. The molecule has 0 aromatic carbocycles. The third-order valence-corrected chi connectivity index (χ3v) is 4.48. The van der Waals surface area contributed by atoms with Crippen molar-refractivity contribution in [2.75, 3.05) is 19.6 Å². The van der Waals surface area contributed by atoms with Gasteiger partial charge >= 0.3 is 5.97 Å². The minimum absolute atomic E-state index is 0.398. The molecule has 0 bridgehead atoms. The molecule has 2 aliphatic rings. The highest BCUT2D eigenvalue weighted by atomic mass is 16.4. The summed E-state index contributed by atoms with van der Waals surface area (Å²) in [4.78, 5) is 13.7. The molecule has 3 atom stereocenters. The molecule has 104 valence electrons. The van der Waals surface area contributed by atoms with Crippen molar-refractivity contribution < 1.29 is 9.90 Å². The zero-order valence-electron chi connectivity index (χ0n) is 11.4. The predicted octanol–water partition coefficient (Wildman–Crippen LogP) is 1.70. The molecule has 4 nitrogen and oxygen atoms in total. The van der Waals surface area contributed by atoms with E-state index >= 15 is 0 Å². The lowest BCUT2D eigenvalue weighted by Gasteiger charge is -2.33. The summed E-state index contributed by atoms with van der Waals surface area (Å²) in [5, 5.41) is 12.4. The van der Waals surface area contributed by atoms with Gasteiger partial charge in [-0.25, -0.2) is 0 Å². The Balaban J connectivity index is 1.88. The summed E-state index contributed by atoms with van der Waals surface area (Å²) >= 11 is 0. The number of hydrogen-bond donors (Lipinski definition) is 2. The predicted molar refractivity (Wildman–Crippen MR) is 71.7 cm³/mol. The number of carbonyl (C=O) groups is 1. The number of nitrogens with one attached hydrogen (secondary N) is 1. The van der Waals surface area contributed by atoms with Crippen LogP contribution in [-0.4, -0.2) is 47.7 Å². The van der Waals surface area contributed by atoms with E-state index in [4.69, 9.17) is 0 Å².